The first-order valence-corrected chi connectivity index (χ1v) is 7.46. The Morgan fingerprint density at radius 3 is 2.35 bits per heavy atom. The van der Waals surface area contributed by atoms with Crippen LogP contribution in [0.2, 0.25) is 0 Å². The van der Waals surface area contributed by atoms with E-state index in [2.05, 4.69) is 63.1 Å². The first-order chi connectivity index (χ1) is 8.09. The fourth-order valence-electron chi connectivity index (χ4n) is 1.91. The number of hydrogen-bond acceptors (Lipinski definition) is 2. The second kappa shape index (κ2) is 7.78. The molecule has 17 heavy (non-hydrogen) atoms. The summed E-state index contributed by atoms with van der Waals surface area (Å²) in [6.07, 6.45) is 1.28. The van der Waals surface area contributed by atoms with Gasteiger partial charge in [-0.2, -0.15) is 0 Å². The number of thioether (sulfide) groups is 1. The SMILES string of the molecule is CC(C)CC(C)N(C)CCSc1ccccc1. The van der Waals surface area contributed by atoms with Gasteiger partial charge in [-0.05, 0) is 38.4 Å². The van der Waals surface area contributed by atoms with E-state index in [1.54, 1.807) is 0 Å². The van der Waals surface area contributed by atoms with Gasteiger partial charge in [0.15, 0.2) is 0 Å². The molecule has 0 saturated heterocycles. The van der Waals surface area contributed by atoms with Gasteiger partial charge in [-0.25, -0.2) is 0 Å². The van der Waals surface area contributed by atoms with Crippen molar-refractivity contribution in [2.45, 2.75) is 38.1 Å². The van der Waals surface area contributed by atoms with E-state index >= 15 is 0 Å². The molecule has 0 bridgehead atoms. The summed E-state index contributed by atoms with van der Waals surface area (Å²) in [7, 11) is 2.23. The fourth-order valence-corrected chi connectivity index (χ4v) is 2.87. The number of hydrogen-bond donors (Lipinski definition) is 0. The first kappa shape index (κ1) is 14.6. The Morgan fingerprint density at radius 2 is 1.76 bits per heavy atom. The third-order valence-corrected chi connectivity index (χ3v) is 4.01. The lowest BCUT2D eigenvalue weighted by atomic mass is 10.0. The van der Waals surface area contributed by atoms with Gasteiger partial charge in [0, 0.05) is 23.2 Å². The van der Waals surface area contributed by atoms with Crippen molar-refractivity contribution in [2.75, 3.05) is 19.3 Å². The van der Waals surface area contributed by atoms with E-state index in [-0.39, 0.29) is 0 Å². The highest BCUT2D eigenvalue weighted by Crippen LogP contribution is 2.17. The molecule has 0 radical (unpaired) electrons. The Balaban J connectivity index is 2.22. The molecule has 0 aromatic heterocycles. The predicted molar refractivity (Wildman–Crippen MR) is 78.7 cm³/mol. The quantitative estimate of drug-likeness (QED) is 0.670. The van der Waals surface area contributed by atoms with Crippen molar-refractivity contribution < 1.29 is 0 Å². The molecule has 0 amide bonds. The van der Waals surface area contributed by atoms with Gasteiger partial charge >= 0.3 is 0 Å². The van der Waals surface area contributed by atoms with E-state index in [9.17, 15) is 0 Å². The minimum Gasteiger partial charge on any atom is -0.303 e. The van der Waals surface area contributed by atoms with E-state index in [0.29, 0.717) is 6.04 Å². The van der Waals surface area contributed by atoms with Gasteiger partial charge in [0.1, 0.15) is 0 Å². The van der Waals surface area contributed by atoms with Crippen molar-refractivity contribution in [2.24, 2.45) is 5.92 Å². The van der Waals surface area contributed by atoms with Crippen LogP contribution in [0.25, 0.3) is 0 Å². The summed E-state index contributed by atoms with van der Waals surface area (Å²) < 4.78 is 0. The van der Waals surface area contributed by atoms with Crippen LogP contribution in [-0.4, -0.2) is 30.3 Å². The lowest BCUT2D eigenvalue weighted by molar-refractivity contribution is 0.241. The Labute approximate surface area is 111 Å². The van der Waals surface area contributed by atoms with Gasteiger partial charge in [0.25, 0.3) is 0 Å². The molecular formula is C15H25NS. The second-order valence-electron chi connectivity index (χ2n) is 5.12. The Kier molecular flexibility index (Phi) is 6.68. The zero-order valence-electron chi connectivity index (χ0n) is 11.5. The molecule has 0 aliphatic heterocycles. The molecule has 0 heterocycles. The average Bonchev–Trinajstić information content (AvgIpc) is 2.29. The molecule has 0 aliphatic carbocycles. The monoisotopic (exact) mass is 251 g/mol. The molecule has 0 aliphatic rings. The summed E-state index contributed by atoms with van der Waals surface area (Å²) in [6, 6.07) is 11.3. The zero-order valence-corrected chi connectivity index (χ0v) is 12.3. The van der Waals surface area contributed by atoms with Gasteiger partial charge in [0.05, 0.1) is 0 Å². The maximum Gasteiger partial charge on any atom is 0.0108 e. The van der Waals surface area contributed by atoms with E-state index in [1.807, 2.05) is 11.8 Å². The normalized spacial score (nSPS) is 13.3. The molecule has 1 aromatic carbocycles. The topological polar surface area (TPSA) is 3.24 Å². The predicted octanol–water partition coefficient (Wildman–Crippen LogP) is 4.15. The average molecular weight is 251 g/mol. The van der Waals surface area contributed by atoms with Crippen LogP contribution < -0.4 is 0 Å². The van der Waals surface area contributed by atoms with Crippen LogP contribution in [0.4, 0.5) is 0 Å². The standard InChI is InChI=1S/C15H25NS/c1-13(2)12-14(3)16(4)10-11-17-15-8-6-5-7-9-15/h5-9,13-14H,10-12H2,1-4H3. The second-order valence-corrected chi connectivity index (χ2v) is 6.29. The van der Waals surface area contributed by atoms with Gasteiger partial charge in [-0.3, -0.25) is 0 Å². The van der Waals surface area contributed by atoms with Gasteiger partial charge in [-0.1, -0.05) is 32.0 Å². The van der Waals surface area contributed by atoms with E-state index in [4.69, 9.17) is 0 Å². The molecular weight excluding hydrogens is 226 g/mol. The summed E-state index contributed by atoms with van der Waals surface area (Å²) >= 11 is 1.94. The third kappa shape index (κ3) is 6.13. The summed E-state index contributed by atoms with van der Waals surface area (Å²) in [5.41, 5.74) is 0. The lowest BCUT2D eigenvalue weighted by Crippen LogP contribution is -2.32. The zero-order chi connectivity index (χ0) is 12.7. The molecule has 1 rings (SSSR count). The van der Waals surface area contributed by atoms with Gasteiger partial charge in [0.2, 0.25) is 0 Å². The minimum atomic E-state index is 0.686. The van der Waals surface area contributed by atoms with Crippen molar-refractivity contribution in [3.8, 4) is 0 Å². The van der Waals surface area contributed by atoms with Crippen LogP contribution in [0.5, 0.6) is 0 Å². The molecule has 1 unspecified atom stereocenters. The van der Waals surface area contributed by atoms with Gasteiger partial charge < -0.3 is 4.90 Å². The molecule has 0 saturated carbocycles. The maximum atomic E-state index is 2.47. The molecule has 2 heteroatoms. The van der Waals surface area contributed by atoms with Gasteiger partial charge in [-0.15, -0.1) is 11.8 Å². The molecule has 0 N–H and O–H groups in total. The largest absolute Gasteiger partial charge is 0.303 e. The Bertz CT molecular complexity index is 297. The first-order valence-electron chi connectivity index (χ1n) is 6.47. The molecule has 96 valence electrons. The number of benzene rings is 1. The fraction of sp³-hybridized carbons (Fsp3) is 0.600. The molecule has 0 fully saturated rings. The Hall–Kier alpha value is -0.470. The maximum absolute atomic E-state index is 2.47. The highest BCUT2D eigenvalue weighted by molar-refractivity contribution is 7.99. The van der Waals surface area contributed by atoms with E-state index in [1.165, 1.54) is 17.1 Å². The molecule has 0 spiro atoms. The van der Waals surface area contributed by atoms with Crippen molar-refractivity contribution in [3.05, 3.63) is 30.3 Å². The van der Waals surface area contributed by atoms with Crippen molar-refractivity contribution >= 4 is 11.8 Å². The molecule has 1 aromatic rings. The van der Waals surface area contributed by atoms with Crippen molar-refractivity contribution in [1.82, 2.24) is 4.90 Å². The van der Waals surface area contributed by atoms with Crippen molar-refractivity contribution in [3.63, 3.8) is 0 Å². The summed E-state index contributed by atoms with van der Waals surface area (Å²) in [6.45, 7) is 8.08. The van der Waals surface area contributed by atoms with Crippen LogP contribution in [0.3, 0.4) is 0 Å². The number of nitrogens with zero attached hydrogens (tertiary/aromatic N) is 1. The minimum absolute atomic E-state index is 0.686. The molecule has 1 nitrogen and oxygen atoms in total. The number of rotatable bonds is 7. The third-order valence-electron chi connectivity index (χ3n) is 3.02. The van der Waals surface area contributed by atoms with E-state index in [0.717, 1.165) is 12.5 Å². The highest BCUT2D eigenvalue weighted by atomic mass is 32.2. The van der Waals surface area contributed by atoms with Crippen LogP contribution >= 0.6 is 11.8 Å². The summed E-state index contributed by atoms with van der Waals surface area (Å²) in [5, 5.41) is 0. The summed E-state index contributed by atoms with van der Waals surface area (Å²) in [4.78, 5) is 3.84. The van der Waals surface area contributed by atoms with Crippen LogP contribution in [0.1, 0.15) is 27.2 Å². The lowest BCUT2D eigenvalue weighted by Gasteiger charge is -2.25. The van der Waals surface area contributed by atoms with Crippen LogP contribution in [0, 0.1) is 5.92 Å². The van der Waals surface area contributed by atoms with E-state index < -0.39 is 0 Å². The summed E-state index contributed by atoms with van der Waals surface area (Å²) in [5.74, 6) is 1.96. The smallest absolute Gasteiger partial charge is 0.0108 e. The van der Waals surface area contributed by atoms with Crippen molar-refractivity contribution in [1.29, 1.82) is 0 Å². The van der Waals surface area contributed by atoms with Crippen LogP contribution in [-0.2, 0) is 0 Å². The highest BCUT2D eigenvalue weighted by Gasteiger charge is 2.10. The Morgan fingerprint density at radius 1 is 1.12 bits per heavy atom. The van der Waals surface area contributed by atoms with Crippen LogP contribution in [0.15, 0.2) is 35.2 Å². The molecule has 1 atom stereocenters.